The highest BCUT2D eigenvalue weighted by Crippen LogP contribution is 2.35. The van der Waals surface area contributed by atoms with Crippen molar-refractivity contribution < 1.29 is 23.1 Å². The van der Waals surface area contributed by atoms with Crippen molar-refractivity contribution in [2.45, 2.75) is 20.0 Å². The number of alkyl halides is 3. The lowest BCUT2D eigenvalue weighted by Crippen LogP contribution is -2.16. The minimum Gasteiger partial charge on any atom is -0.478 e. The predicted molar refractivity (Wildman–Crippen MR) is 74.7 cm³/mol. The van der Waals surface area contributed by atoms with Crippen LogP contribution in [0, 0.1) is 13.8 Å². The van der Waals surface area contributed by atoms with E-state index in [1.165, 1.54) is 0 Å². The molecule has 0 amide bonds. The average Bonchev–Trinajstić information content (AvgIpc) is 2.79. The first kappa shape index (κ1) is 15.8. The van der Waals surface area contributed by atoms with Crippen LogP contribution in [0.15, 0.2) is 30.5 Å². The van der Waals surface area contributed by atoms with Gasteiger partial charge in [0.15, 0.2) is 5.69 Å². The van der Waals surface area contributed by atoms with Crippen LogP contribution in [-0.2, 0) is 11.0 Å². The number of aryl methyl sites for hydroxylation is 2. The minimum atomic E-state index is -4.66. The summed E-state index contributed by atoms with van der Waals surface area (Å²) in [6.07, 6.45) is -2.11. The van der Waals surface area contributed by atoms with E-state index in [4.69, 9.17) is 5.11 Å². The van der Waals surface area contributed by atoms with Crippen LogP contribution in [0.1, 0.15) is 22.4 Å². The lowest BCUT2D eigenvalue weighted by molar-refractivity contribution is -0.143. The second kappa shape index (κ2) is 5.67. The van der Waals surface area contributed by atoms with Gasteiger partial charge in [0.05, 0.1) is 11.9 Å². The largest absolute Gasteiger partial charge is 0.478 e. The number of aliphatic carboxylic acids is 1. The number of hydrogen-bond donors (Lipinski definition) is 1. The van der Waals surface area contributed by atoms with E-state index in [-0.39, 0.29) is 5.56 Å². The summed E-state index contributed by atoms with van der Waals surface area (Å²) in [7, 11) is 0. The van der Waals surface area contributed by atoms with Crippen LogP contribution in [0.25, 0.3) is 11.8 Å². The molecule has 0 radical (unpaired) electrons. The molecule has 1 heterocycles. The van der Waals surface area contributed by atoms with Gasteiger partial charge < -0.3 is 5.11 Å². The summed E-state index contributed by atoms with van der Waals surface area (Å²) in [5, 5.41) is 12.4. The molecular formula is C15H13F3N2O2. The highest BCUT2D eigenvalue weighted by Gasteiger charge is 2.38. The Morgan fingerprint density at radius 1 is 1.27 bits per heavy atom. The van der Waals surface area contributed by atoms with Crippen molar-refractivity contribution in [3.05, 3.63) is 52.9 Å². The SMILES string of the molecule is Cc1cccc(C)c1-n1ncc(/C=C/C(=O)O)c1C(F)(F)F. The fourth-order valence-corrected chi connectivity index (χ4v) is 2.24. The molecule has 0 aliphatic heterocycles. The Hall–Kier alpha value is -2.57. The van der Waals surface area contributed by atoms with Crippen LogP contribution in [0.4, 0.5) is 13.2 Å². The summed E-state index contributed by atoms with van der Waals surface area (Å²) in [6.45, 7) is 3.38. The van der Waals surface area contributed by atoms with E-state index in [1.807, 2.05) is 0 Å². The van der Waals surface area contributed by atoms with Crippen molar-refractivity contribution in [1.82, 2.24) is 9.78 Å². The highest BCUT2D eigenvalue weighted by molar-refractivity contribution is 5.85. The number of benzene rings is 1. The first-order valence-corrected chi connectivity index (χ1v) is 6.34. The Morgan fingerprint density at radius 3 is 2.36 bits per heavy atom. The Bertz CT molecular complexity index is 725. The zero-order valence-corrected chi connectivity index (χ0v) is 11.8. The molecule has 2 aromatic rings. The van der Waals surface area contributed by atoms with Crippen molar-refractivity contribution in [3.8, 4) is 5.69 Å². The van der Waals surface area contributed by atoms with Crippen molar-refractivity contribution in [2.75, 3.05) is 0 Å². The van der Waals surface area contributed by atoms with Crippen molar-refractivity contribution in [3.63, 3.8) is 0 Å². The van der Waals surface area contributed by atoms with E-state index in [2.05, 4.69) is 5.10 Å². The van der Waals surface area contributed by atoms with Crippen LogP contribution in [-0.4, -0.2) is 20.9 Å². The van der Waals surface area contributed by atoms with E-state index >= 15 is 0 Å². The van der Waals surface area contributed by atoms with Gasteiger partial charge in [-0.25, -0.2) is 9.48 Å². The summed E-state index contributed by atoms with van der Waals surface area (Å²) < 4.78 is 40.9. The molecule has 1 N–H and O–H groups in total. The van der Waals surface area contributed by atoms with Gasteiger partial charge in [-0.3, -0.25) is 0 Å². The lowest BCUT2D eigenvalue weighted by Gasteiger charge is -2.15. The molecule has 4 nitrogen and oxygen atoms in total. The number of aromatic nitrogens is 2. The molecule has 7 heteroatoms. The molecule has 0 spiro atoms. The zero-order valence-electron chi connectivity index (χ0n) is 11.8. The first-order chi connectivity index (χ1) is 10.2. The smallest absolute Gasteiger partial charge is 0.434 e. The molecule has 0 saturated carbocycles. The number of carboxylic acids is 1. The fraction of sp³-hybridized carbons (Fsp3) is 0.200. The van der Waals surface area contributed by atoms with Crippen molar-refractivity contribution >= 4 is 12.0 Å². The third-order valence-electron chi connectivity index (χ3n) is 3.12. The molecule has 0 saturated heterocycles. The zero-order chi connectivity index (χ0) is 16.5. The van der Waals surface area contributed by atoms with E-state index in [9.17, 15) is 18.0 Å². The molecule has 0 aliphatic rings. The van der Waals surface area contributed by atoms with Crippen molar-refractivity contribution in [1.29, 1.82) is 0 Å². The van der Waals surface area contributed by atoms with E-state index in [0.29, 0.717) is 22.9 Å². The van der Waals surface area contributed by atoms with Gasteiger partial charge >= 0.3 is 12.1 Å². The molecule has 2 rings (SSSR count). The predicted octanol–water partition coefficient (Wildman–Crippen LogP) is 3.61. The number of carbonyl (C=O) groups is 1. The number of nitrogens with zero attached hydrogens (tertiary/aromatic N) is 2. The molecule has 0 atom stereocenters. The average molecular weight is 310 g/mol. The van der Waals surface area contributed by atoms with Gasteiger partial charge in [0, 0.05) is 11.6 Å². The molecule has 0 aliphatic carbocycles. The standard InChI is InChI=1S/C15H13F3N2O2/c1-9-4-3-5-10(2)13(9)20-14(15(16,17)18)11(8-19-20)6-7-12(21)22/h3-8H,1-2H3,(H,21,22)/b7-6+. The second-order valence-electron chi connectivity index (χ2n) is 4.77. The number of hydrogen-bond acceptors (Lipinski definition) is 2. The quantitative estimate of drug-likeness (QED) is 0.881. The van der Waals surface area contributed by atoms with Gasteiger partial charge in [0.2, 0.25) is 0 Å². The molecule has 1 aromatic heterocycles. The number of para-hydroxylation sites is 1. The maximum Gasteiger partial charge on any atom is 0.434 e. The van der Waals surface area contributed by atoms with E-state index < -0.39 is 17.8 Å². The number of halogens is 3. The second-order valence-corrected chi connectivity index (χ2v) is 4.77. The molecule has 1 aromatic carbocycles. The summed E-state index contributed by atoms with van der Waals surface area (Å²) in [6, 6.07) is 5.13. The van der Waals surface area contributed by atoms with Gasteiger partial charge in [0.25, 0.3) is 0 Å². The Labute approximate surface area is 124 Å². The minimum absolute atomic E-state index is 0.294. The maximum absolute atomic E-state index is 13.4. The lowest BCUT2D eigenvalue weighted by atomic mass is 10.1. The monoisotopic (exact) mass is 310 g/mol. The van der Waals surface area contributed by atoms with Crippen LogP contribution >= 0.6 is 0 Å². The van der Waals surface area contributed by atoms with Gasteiger partial charge in [-0.1, -0.05) is 18.2 Å². The van der Waals surface area contributed by atoms with Gasteiger partial charge in [-0.2, -0.15) is 18.3 Å². The normalized spacial score (nSPS) is 12.0. The van der Waals surface area contributed by atoms with Gasteiger partial charge in [-0.05, 0) is 31.1 Å². The van der Waals surface area contributed by atoms with Crippen LogP contribution in [0.5, 0.6) is 0 Å². The Kier molecular flexibility index (Phi) is 4.07. The Morgan fingerprint density at radius 2 is 1.86 bits per heavy atom. The third-order valence-corrected chi connectivity index (χ3v) is 3.12. The number of carboxylic acid groups (broad SMARTS) is 1. The molecule has 22 heavy (non-hydrogen) atoms. The van der Waals surface area contributed by atoms with Crippen molar-refractivity contribution in [2.24, 2.45) is 0 Å². The van der Waals surface area contributed by atoms with Crippen LogP contribution in [0.2, 0.25) is 0 Å². The van der Waals surface area contributed by atoms with Crippen LogP contribution < -0.4 is 0 Å². The maximum atomic E-state index is 13.4. The topological polar surface area (TPSA) is 55.1 Å². The van der Waals surface area contributed by atoms with E-state index in [1.54, 1.807) is 32.0 Å². The summed E-state index contributed by atoms with van der Waals surface area (Å²) in [5.74, 6) is -1.33. The molecule has 0 bridgehead atoms. The van der Waals surface area contributed by atoms with Crippen LogP contribution in [0.3, 0.4) is 0 Å². The van der Waals surface area contributed by atoms with Gasteiger partial charge in [-0.15, -0.1) is 0 Å². The molecule has 116 valence electrons. The molecule has 0 unspecified atom stereocenters. The van der Waals surface area contributed by atoms with E-state index in [0.717, 1.165) is 17.0 Å². The van der Waals surface area contributed by atoms with Gasteiger partial charge in [0.1, 0.15) is 0 Å². The molecular weight excluding hydrogens is 297 g/mol. The Balaban J connectivity index is 2.70. The summed E-state index contributed by atoms with van der Waals surface area (Å²) >= 11 is 0. The third kappa shape index (κ3) is 3.03. The summed E-state index contributed by atoms with van der Waals surface area (Å²) in [4.78, 5) is 10.5. The highest BCUT2D eigenvalue weighted by atomic mass is 19.4. The first-order valence-electron chi connectivity index (χ1n) is 6.34. The summed E-state index contributed by atoms with van der Waals surface area (Å²) in [5.41, 5.74) is 0.328. The number of rotatable bonds is 3. The molecule has 0 fully saturated rings. The fourth-order valence-electron chi connectivity index (χ4n) is 2.24.